The predicted molar refractivity (Wildman–Crippen MR) is 97.8 cm³/mol. The average molecular weight is 593 g/mol. The molecule has 1 aromatic heterocycles. The van der Waals surface area contributed by atoms with Gasteiger partial charge in [0, 0.05) is 0 Å². The van der Waals surface area contributed by atoms with Crippen LogP contribution in [-0.2, 0) is 22.4 Å². The maximum Gasteiger partial charge on any atom is 3.00 e. The molecule has 0 atom stereocenters. The molecular formula is C23H11AuF5N. The summed E-state index contributed by atoms with van der Waals surface area (Å²) in [4.78, 5) is 4.65. The Morgan fingerprint density at radius 1 is 0.567 bits per heavy atom. The van der Waals surface area contributed by atoms with Crippen molar-refractivity contribution in [3.63, 3.8) is 0 Å². The van der Waals surface area contributed by atoms with E-state index in [1.807, 2.05) is 66.7 Å². The first kappa shape index (κ1) is 23.5. The molecule has 0 N–H and O–H groups in total. The summed E-state index contributed by atoms with van der Waals surface area (Å²) >= 11 is 0. The van der Waals surface area contributed by atoms with Gasteiger partial charge in [-0.3, -0.25) is 8.78 Å². The molecule has 0 radical (unpaired) electrons. The maximum atomic E-state index is 12.0. The molecule has 1 heterocycles. The first-order chi connectivity index (χ1) is 14.0. The molecule has 0 amide bonds. The molecule has 4 rings (SSSR count). The maximum absolute atomic E-state index is 12.0. The second-order valence-corrected chi connectivity index (χ2v) is 5.66. The fourth-order valence-electron chi connectivity index (χ4n) is 2.34. The van der Waals surface area contributed by atoms with Crippen molar-refractivity contribution in [3.05, 3.63) is 114 Å². The van der Waals surface area contributed by atoms with Crippen LogP contribution in [0.3, 0.4) is 0 Å². The topological polar surface area (TPSA) is 12.9 Å². The third-order valence-electron chi connectivity index (χ3n) is 3.71. The number of nitrogens with zero attached hydrogens (tertiary/aromatic N) is 1. The smallest absolute Gasteiger partial charge is 0.345 e. The van der Waals surface area contributed by atoms with Crippen LogP contribution in [0.25, 0.3) is 22.5 Å². The molecule has 0 saturated carbocycles. The molecule has 0 saturated heterocycles. The van der Waals surface area contributed by atoms with Crippen molar-refractivity contribution in [2.45, 2.75) is 0 Å². The van der Waals surface area contributed by atoms with Crippen molar-refractivity contribution in [1.82, 2.24) is 4.98 Å². The van der Waals surface area contributed by atoms with E-state index in [1.54, 1.807) is 0 Å². The SMILES string of the molecule is Fc1[c-]c(F)c(F)c(F)c1F.[Au+3].[c-]1ccccc1-c1cccc(-c2[c-]cccc2)n1. The first-order valence-corrected chi connectivity index (χ1v) is 8.29. The summed E-state index contributed by atoms with van der Waals surface area (Å²) in [5, 5.41) is 0. The number of halogens is 5. The summed E-state index contributed by atoms with van der Waals surface area (Å²) < 4.78 is 59.9. The minimum Gasteiger partial charge on any atom is -0.345 e. The Hall–Kier alpha value is -2.80. The average Bonchev–Trinajstić information content (AvgIpc) is 2.78. The summed E-state index contributed by atoms with van der Waals surface area (Å²) in [7, 11) is 0. The Morgan fingerprint density at radius 2 is 1.03 bits per heavy atom. The van der Waals surface area contributed by atoms with Crippen LogP contribution in [0.15, 0.2) is 66.7 Å². The van der Waals surface area contributed by atoms with Crippen molar-refractivity contribution in [3.8, 4) is 22.5 Å². The molecule has 0 spiro atoms. The Labute approximate surface area is 185 Å². The number of hydrogen-bond donors (Lipinski definition) is 0. The zero-order valence-electron chi connectivity index (χ0n) is 15.0. The minimum absolute atomic E-state index is 0. The Morgan fingerprint density at radius 3 is 1.43 bits per heavy atom. The number of benzene rings is 3. The van der Waals surface area contributed by atoms with E-state index in [1.165, 1.54) is 0 Å². The molecular weight excluding hydrogens is 582 g/mol. The van der Waals surface area contributed by atoms with E-state index in [0.717, 1.165) is 28.6 Å². The van der Waals surface area contributed by atoms with E-state index < -0.39 is 29.1 Å². The van der Waals surface area contributed by atoms with Gasteiger partial charge in [0.15, 0.2) is 0 Å². The van der Waals surface area contributed by atoms with Crippen LogP contribution in [0, 0.1) is 47.3 Å². The monoisotopic (exact) mass is 593 g/mol. The van der Waals surface area contributed by atoms with E-state index >= 15 is 0 Å². The fraction of sp³-hybridized carbons (Fsp3) is 0. The van der Waals surface area contributed by atoms with Crippen LogP contribution in [0.2, 0.25) is 0 Å². The second-order valence-electron chi connectivity index (χ2n) is 5.66. The van der Waals surface area contributed by atoms with Crippen molar-refractivity contribution < 1.29 is 44.3 Å². The summed E-state index contributed by atoms with van der Waals surface area (Å²) in [5.41, 5.74) is 3.89. The Kier molecular flexibility index (Phi) is 8.47. The first-order valence-electron chi connectivity index (χ1n) is 8.29. The van der Waals surface area contributed by atoms with Gasteiger partial charge in [0.05, 0.1) is 29.1 Å². The third-order valence-corrected chi connectivity index (χ3v) is 3.71. The van der Waals surface area contributed by atoms with Gasteiger partial charge in [-0.15, -0.1) is 77.9 Å². The van der Waals surface area contributed by atoms with Crippen LogP contribution in [0.5, 0.6) is 0 Å². The van der Waals surface area contributed by atoms with Crippen LogP contribution >= 0.6 is 0 Å². The summed E-state index contributed by atoms with van der Waals surface area (Å²) in [6, 6.07) is 29.2. The van der Waals surface area contributed by atoms with Gasteiger partial charge in [-0.25, -0.2) is 13.2 Å². The molecule has 30 heavy (non-hydrogen) atoms. The van der Waals surface area contributed by atoms with Crippen LogP contribution in [0.1, 0.15) is 0 Å². The van der Waals surface area contributed by atoms with Crippen molar-refractivity contribution in [2.24, 2.45) is 0 Å². The van der Waals surface area contributed by atoms with Crippen LogP contribution in [0.4, 0.5) is 22.0 Å². The molecule has 4 aromatic rings. The van der Waals surface area contributed by atoms with Gasteiger partial charge in [-0.1, -0.05) is 18.2 Å². The van der Waals surface area contributed by atoms with E-state index in [0.29, 0.717) is 0 Å². The molecule has 0 aliphatic heterocycles. The third kappa shape index (κ3) is 5.63. The second kappa shape index (κ2) is 10.8. The summed E-state index contributed by atoms with van der Waals surface area (Å²) in [5.74, 6) is -10.0. The summed E-state index contributed by atoms with van der Waals surface area (Å²) in [6.07, 6.45) is 0. The van der Waals surface area contributed by atoms with Gasteiger partial charge in [0.1, 0.15) is 0 Å². The molecule has 154 valence electrons. The number of hydrogen-bond acceptors (Lipinski definition) is 1. The standard InChI is InChI=1S/C17H11N.C6F5.Au/c1-3-8-14(9-4-1)16-12-7-13-17(18-16)15-10-5-2-6-11-15;7-2-1-3(8)5(10)6(11)4(2)9;/h1-8,10,12-13H;;/q-2;-1;+3. The molecule has 0 fully saturated rings. The quantitative estimate of drug-likeness (QED) is 0.0888. The molecule has 0 aliphatic rings. The summed E-state index contributed by atoms with van der Waals surface area (Å²) in [6.45, 7) is 0. The normalized spacial score (nSPS) is 9.90. The molecule has 0 bridgehead atoms. The van der Waals surface area contributed by atoms with Crippen LogP contribution in [-0.4, -0.2) is 4.98 Å². The van der Waals surface area contributed by atoms with E-state index in [2.05, 4.69) is 17.1 Å². The Balaban J connectivity index is 0.000000232. The van der Waals surface area contributed by atoms with E-state index in [4.69, 9.17) is 0 Å². The van der Waals surface area contributed by atoms with Gasteiger partial charge in [0.2, 0.25) is 0 Å². The van der Waals surface area contributed by atoms with Crippen molar-refractivity contribution >= 4 is 0 Å². The predicted octanol–water partition coefficient (Wildman–Crippen LogP) is 6.20. The molecule has 3 aromatic carbocycles. The molecule has 1 nitrogen and oxygen atoms in total. The minimum atomic E-state index is -2.17. The van der Waals surface area contributed by atoms with Gasteiger partial charge >= 0.3 is 22.4 Å². The number of aromatic nitrogens is 1. The fourth-order valence-corrected chi connectivity index (χ4v) is 2.34. The number of rotatable bonds is 2. The van der Waals surface area contributed by atoms with Gasteiger partial charge in [-0.2, -0.15) is 0 Å². The van der Waals surface area contributed by atoms with Crippen molar-refractivity contribution in [1.29, 1.82) is 0 Å². The molecule has 7 heteroatoms. The zero-order valence-corrected chi connectivity index (χ0v) is 17.2. The van der Waals surface area contributed by atoms with Gasteiger partial charge < -0.3 is 4.98 Å². The van der Waals surface area contributed by atoms with Crippen molar-refractivity contribution in [2.75, 3.05) is 0 Å². The van der Waals surface area contributed by atoms with Crippen LogP contribution < -0.4 is 0 Å². The van der Waals surface area contributed by atoms with Gasteiger partial charge in [0.25, 0.3) is 0 Å². The van der Waals surface area contributed by atoms with E-state index in [-0.39, 0.29) is 22.4 Å². The largest absolute Gasteiger partial charge is 3.00 e. The van der Waals surface area contributed by atoms with Gasteiger partial charge in [-0.05, 0) is 11.4 Å². The zero-order chi connectivity index (χ0) is 20.8. The number of pyridine rings is 1. The van der Waals surface area contributed by atoms with E-state index in [9.17, 15) is 22.0 Å². The molecule has 0 unspecified atom stereocenters. The Bertz CT molecular complexity index is 1020. The molecule has 0 aliphatic carbocycles.